The van der Waals surface area contributed by atoms with Crippen molar-refractivity contribution in [1.29, 1.82) is 0 Å². The Morgan fingerprint density at radius 1 is 1.09 bits per heavy atom. The van der Waals surface area contributed by atoms with Crippen LogP contribution in [0.4, 0.5) is 17.6 Å². The maximum Gasteiger partial charge on any atom is 0.416 e. The van der Waals surface area contributed by atoms with Crippen LogP contribution in [0.2, 0.25) is 0 Å². The molecule has 0 saturated heterocycles. The zero-order chi connectivity index (χ0) is 24.2. The fourth-order valence-electron chi connectivity index (χ4n) is 3.63. The lowest BCUT2D eigenvalue weighted by Gasteiger charge is -2.11. The summed E-state index contributed by atoms with van der Waals surface area (Å²) in [6.45, 7) is 1.13. The van der Waals surface area contributed by atoms with Gasteiger partial charge in [-0.25, -0.2) is 14.1 Å². The first kappa shape index (κ1) is 24.5. The van der Waals surface area contributed by atoms with Gasteiger partial charge in [0.25, 0.3) is 0 Å². The van der Waals surface area contributed by atoms with Gasteiger partial charge in [0.2, 0.25) is 0 Å². The lowest BCUT2D eigenvalue weighted by Crippen LogP contribution is -2.09. The SMILES string of the molecule is Cc1nn(-c2cc(Cc3cc(F)cc(C(F)(F)F)c3)ccn2)c(CO)c1C(=O)CCCCO. The Balaban J connectivity index is 1.92. The van der Waals surface area contributed by atoms with Gasteiger partial charge in [0, 0.05) is 19.2 Å². The van der Waals surface area contributed by atoms with Crippen molar-refractivity contribution in [1.82, 2.24) is 14.8 Å². The first-order chi connectivity index (χ1) is 15.6. The molecule has 2 aromatic heterocycles. The second-order valence-electron chi connectivity index (χ2n) is 7.63. The summed E-state index contributed by atoms with van der Waals surface area (Å²) in [5.74, 6) is -0.933. The summed E-state index contributed by atoms with van der Waals surface area (Å²) in [7, 11) is 0. The predicted octanol–water partition coefficient (Wildman–Crippen LogP) is 4.16. The van der Waals surface area contributed by atoms with Crippen molar-refractivity contribution in [3.8, 4) is 5.82 Å². The van der Waals surface area contributed by atoms with Crippen molar-refractivity contribution in [2.75, 3.05) is 6.61 Å². The average molecular weight is 465 g/mol. The Hall–Kier alpha value is -3.11. The van der Waals surface area contributed by atoms with Crippen LogP contribution in [-0.2, 0) is 19.2 Å². The van der Waals surface area contributed by atoms with E-state index in [4.69, 9.17) is 5.11 Å². The van der Waals surface area contributed by atoms with Gasteiger partial charge < -0.3 is 10.2 Å². The minimum Gasteiger partial charge on any atom is -0.396 e. The summed E-state index contributed by atoms with van der Waals surface area (Å²) >= 11 is 0. The Kier molecular flexibility index (Phi) is 7.60. The fourth-order valence-corrected chi connectivity index (χ4v) is 3.63. The molecule has 1 aromatic carbocycles. The van der Waals surface area contributed by atoms with Crippen LogP contribution >= 0.6 is 0 Å². The molecule has 33 heavy (non-hydrogen) atoms. The highest BCUT2D eigenvalue weighted by molar-refractivity contribution is 5.98. The number of ketones is 1. The molecule has 0 atom stereocenters. The lowest BCUT2D eigenvalue weighted by atomic mass is 10.0. The van der Waals surface area contributed by atoms with E-state index >= 15 is 0 Å². The molecule has 2 heterocycles. The number of hydrogen-bond acceptors (Lipinski definition) is 5. The molecule has 3 rings (SSSR count). The van der Waals surface area contributed by atoms with Gasteiger partial charge >= 0.3 is 6.18 Å². The average Bonchev–Trinajstić information content (AvgIpc) is 3.09. The van der Waals surface area contributed by atoms with Crippen LogP contribution in [0.3, 0.4) is 0 Å². The number of halogens is 4. The van der Waals surface area contributed by atoms with Crippen molar-refractivity contribution >= 4 is 5.78 Å². The molecule has 0 fully saturated rings. The molecule has 176 valence electrons. The fraction of sp³-hybridized carbons (Fsp3) is 0.348. The number of nitrogens with zero attached hydrogens (tertiary/aromatic N) is 3. The number of rotatable bonds is 9. The second kappa shape index (κ2) is 10.2. The number of aromatic nitrogens is 3. The van der Waals surface area contributed by atoms with Crippen LogP contribution in [0.15, 0.2) is 36.5 Å². The predicted molar refractivity (Wildman–Crippen MR) is 111 cm³/mol. The highest BCUT2D eigenvalue weighted by Crippen LogP contribution is 2.31. The van der Waals surface area contributed by atoms with E-state index in [1.165, 1.54) is 10.9 Å². The molecule has 0 spiro atoms. The Bertz CT molecular complexity index is 1140. The first-order valence-electron chi connectivity index (χ1n) is 10.3. The van der Waals surface area contributed by atoms with Crippen LogP contribution in [0.5, 0.6) is 0 Å². The minimum atomic E-state index is -4.66. The highest BCUT2D eigenvalue weighted by atomic mass is 19.4. The van der Waals surface area contributed by atoms with Gasteiger partial charge in [-0.2, -0.15) is 18.3 Å². The summed E-state index contributed by atoms with van der Waals surface area (Å²) in [4.78, 5) is 16.8. The third kappa shape index (κ3) is 5.82. The van der Waals surface area contributed by atoms with Crippen LogP contribution in [0.1, 0.15) is 57.7 Å². The molecule has 0 aliphatic carbocycles. The molecule has 0 unspecified atom stereocenters. The molecule has 0 saturated carbocycles. The van der Waals surface area contributed by atoms with Crippen molar-refractivity contribution < 1.29 is 32.6 Å². The van der Waals surface area contributed by atoms with Crippen LogP contribution in [-0.4, -0.2) is 37.4 Å². The molecule has 0 radical (unpaired) electrons. The van der Waals surface area contributed by atoms with E-state index in [2.05, 4.69) is 10.1 Å². The van der Waals surface area contributed by atoms with Gasteiger partial charge in [-0.3, -0.25) is 4.79 Å². The summed E-state index contributed by atoms with van der Waals surface area (Å²) in [6.07, 6.45) is -2.07. The number of aliphatic hydroxyl groups is 2. The third-order valence-corrected chi connectivity index (χ3v) is 5.12. The second-order valence-corrected chi connectivity index (χ2v) is 7.63. The number of carbonyl (C=O) groups is 1. The number of carbonyl (C=O) groups excluding carboxylic acids is 1. The zero-order valence-electron chi connectivity index (χ0n) is 17.9. The number of alkyl halides is 3. The van der Waals surface area contributed by atoms with E-state index in [-0.39, 0.29) is 47.9 Å². The third-order valence-electron chi connectivity index (χ3n) is 5.12. The Labute approximate surface area is 187 Å². The summed E-state index contributed by atoms with van der Waals surface area (Å²) in [5.41, 5.74) is 0.547. The standard InChI is InChI=1S/C23H23F4N3O3/c1-14-22(20(33)4-2-3-7-31)19(13-32)30(29-14)21-11-15(5-6-28-21)8-16-9-17(23(25,26)27)12-18(24)10-16/h5-6,9-12,31-32H,2-4,7-8,13H2,1H3. The molecule has 0 bridgehead atoms. The number of unbranched alkanes of at least 4 members (excludes halogenated alkanes) is 1. The van der Waals surface area contributed by atoms with Crippen molar-refractivity contribution in [3.05, 3.63) is 76.0 Å². The molecular weight excluding hydrogens is 442 g/mol. The Morgan fingerprint density at radius 2 is 1.85 bits per heavy atom. The van der Waals surface area contributed by atoms with E-state index in [0.717, 1.165) is 12.1 Å². The van der Waals surface area contributed by atoms with E-state index < -0.39 is 24.2 Å². The van der Waals surface area contributed by atoms with Crippen molar-refractivity contribution in [2.45, 2.75) is 45.4 Å². The first-order valence-corrected chi connectivity index (χ1v) is 10.3. The Morgan fingerprint density at radius 3 is 2.52 bits per heavy atom. The number of pyridine rings is 1. The topological polar surface area (TPSA) is 88.2 Å². The molecule has 0 amide bonds. The zero-order valence-corrected chi connectivity index (χ0v) is 17.9. The van der Waals surface area contributed by atoms with Gasteiger partial charge in [0.1, 0.15) is 5.82 Å². The van der Waals surface area contributed by atoms with Crippen LogP contribution < -0.4 is 0 Å². The number of hydrogen-bond donors (Lipinski definition) is 2. The van der Waals surface area contributed by atoms with Gasteiger partial charge in [-0.05, 0) is 67.6 Å². The largest absolute Gasteiger partial charge is 0.416 e. The maximum absolute atomic E-state index is 13.7. The maximum atomic E-state index is 13.7. The normalized spacial score (nSPS) is 11.7. The van der Waals surface area contributed by atoms with Crippen LogP contribution in [0, 0.1) is 12.7 Å². The van der Waals surface area contributed by atoms with Crippen molar-refractivity contribution in [3.63, 3.8) is 0 Å². The molecule has 0 aliphatic heterocycles. The summed E-state index contributed by atoms with van der Waals surface area (Å²) in [5, 5.41) is 23.1. The quantitative estimate of drug-likeness (QED) is 0.282. The van der Waals surface area contributed by atoms with E-state index in [0.29, 0.717) is 30.2 Å². The van der Waals surface area contributed by atoms with E-state index in [1.54, 1.807) is 19.1 Å². The van der Waals surface area contributed by atoms with Gasteiger partial charge in [0.15, 0.2) is 11.6 Å². The van der Waals surface area contributed by atoms with E-state index in [1.807, 2.05) is 0 Å². The lowest BCUT2D eigenvalue weighted by molar-refractivity contribution is -0.137. The monoisotopic (exact) mass is 465 g/mol. The molecule has 0 aliphatic rings. The molecule has 3 aromatic rings. The van der Waals surface area contributed by atoms with Crippen molar-refractivity contribution in [2.24, 2.45) is 0 Å². The van der Waals surface area contributed by atoms with Gasteiger partial charge in [0.05, 0.1) is 29.1 Å². The highest BCUT2D eigenvalue weighted by Gasteiger charge is 2.31. The number of aryl methyl sites for hydroxylation is 1. The molecular formula is C23H23F4N3O3. The summed E-state index contributed by atoms with van der Waals surface area (Å²) < 4.78 is 54.1. The molecule has 10 heteroatoms. The number of aliphatic hydroxyl groups excluding tert-OH is 2. The van der Waals surface area contributed by atoms with Gasteiger partial charge in [-0.15, -0.1) is 0 Å². The van der Waals surface area contributed by atoms with E-state index in [9.17, 15) is 27.5 Å². The smallest absolute Gasteiger partial charge is 0.396 e. The molecule has 2 N–H and O–H groups in total. The number of Topliss-reactive ketones (excluding diaryl/α,β-unsaturated/α-hetero) is 1. The minimum absolute atomic E-state index is 0.0119. The van der Waals surface area contributed by atoms with Gasteiger partial charge in [-0.1, -0.05) is 0 Å². The van der Waals surface area contributed by atoms with Crippen LogP contribution in [0.25, 0.3) is 5.82 Å². The molecule has 6 nitrogen and oxygen atoms in total. The summed E-state index contributed by atoms with van der Waals surface area (Å²) in [6, 6.07) is 5.52. The number of benzene rings is 1.